The third kappa shape index (κ3) is 3.88. The largest absolute Gasteiger partial charge is 0.373 e. The summed E-state index contributed by atoms with van der Waals surface area (Å²) < 4.78 is 31.5. The fourth-order valence-electron chi connectivity index (χ4n) is 3.38. The third-order valence-corrected chi connectivity index (χ3v) is 5.12. The second-order valence-corrected chi connectivity index (χ2v) is 8.08. The van der Waals surface area contributed by atoms with E-state index in [4.69, 9.17) is 4.74 Å². The Balaban J connectivity index is 1.67. The van der Waals surface area contributed by atoms with Gasteiger partial charge >= 0.3 is 0 Å². The molecule has 0 unspecified atom stereocenters. The average molecular weight is 339 g/mol. The molecule has 2 aliphatic heterocycles. The Labute approximate surface area is 136 Å². The van der Waals surface area contributed by atoms with Crippen LogP contribution in [0.4, 0.5) is 0 Å². The van der Waals surface area contributed by atoms with Gasteiger partial charge in [0.1, 0.15) is 5.69 Å². The molecule has 0 saturated carbocycles. The van der Waals surface area contributed by atoms with Crippen LogP contribution in [0.3, 0.4) is 0 Å². The van der Waals surface area contributed by atoms with E-state index in [9.17, 15) is 13.2 Å². The van der Waals surface area contributed by atoms with Gasteiger partial charge in [-0.25, -0.2) is 13.1 Å². The molecule has 3 rings (SSSR count). The lowest BCUT2D eigenvalue weighted by molar-refractivity contribution is -0.0763. The number of nitrogens with one attached hydrogen (secondary N) is 1. The molecule has 2 aliphatic rings. The summed E-state index contributed by atoms with van der Waals surface area (Å²) in [7, 11) is -3.24. The van der Waals surface area contributed by atoms with Gasteiger partial charge in [0.2, 0.25) is 10.0 Å². The first kappa shape index (κ1) is 16.4. The van der Waals surface area contributed by atoms with Crippen molar-refractivity contribution in [1.29, 1.82) is 0 Å². The Hall–Kier alpha value is -1.51. The lowest BCUT2D eigenvalue weighted by Gasteiger charge is -2.38. The number of amides is 1. The number of nitrogens with zero attached hydrogens (tertiary/aromatic N) is 2. The zero-order chi connectivity index (χ0) is 16.5. The van der Waals surface area contributed by atoms with Crippen LogP contribution in [0, 0.1) is 0 Å². The maximum Gasteiger partial charge on any atom is 0.272 e. The summed E-state index contributed by atoms with van der Waals surface area (Å²) in [5, 5.41) is 0. The van der Waals surface area contributed by atoms with E-state index in [-0.39, 0.29) is 11.9 Å². The molecule has 7 nitrogen and oxygen atoms in total. The summed E-state index contributed by atoms with van der Waals surface area (Å²) in [6, 6.07) is 5.12. The molecule has 2 fully saturated rings. The van der Waals surface area contributed by atoms with Crippen molar-refractivity contribution < 1.29 is 17.9 Å². The van der Waals surface area contributed by atoms with Crippen molar-refractivity contribution in [2.24, 2.45) is 0 Å². The number of rotatable bonds is 3. The van der Waals surface area contributed by atoms with Gasteiger partial charge in [0.15, 0.2) is 0 Å². The maximum absolute atomic E-state index is 12.5. The Morgan fingerprint density at radius 2 is 2.30 bits per heavy atom. The van der Waals surface area contributed by atoms with Crippen LogP contribution in [0.1, 0.15) is 29.8 Å². The third-order valence-electron chi connectivity index (χ3n) is 4.36. The maximum atomic E-state index is 12.5. The zero-order valence-corrected chi connectivity index (χ0v) is 13.9. The first-order valence-electron chi connectivity index (χ1n) is 7.69. The van der Waals surface area contributed by atoms with E-state index in [2.05, 4.69) is 9.71 Å². The normalized spacial score (nSPS) is 28.2. The molecule has 3 heterocycles. The van der Waals surface area contributed by atoms with Crippen LogP contribution in [-0.4, -0.2) is 61.8 Å². The standard InChI is InChI=1S/C15H21N3O4S/c1-23(20,21)17-12-5-9-22-15(10-12)6-8-18(11-15)14(19)13-4-2-3-7-16-13/h2-4,7,12,17H,5-6,8-11H2,1H3/t12-,15-/m0/s1. The minimum Gasteiger partial charge on any atom is -0.373 e. The topological polar surface area (TPSA) is 88.6 Å². The lowest BCUT2D eigenvalue weighted by Crippen LogP contribution is -2.50. The highest BCUT2D eigenvalue weighted by Crippen LogP contribution is 2.34. The monoisotopic (exact) mass is 339 g/mol. The summed E-state index contributed by atoms with van der Waals surface area (Å²) >= 11 is 0. The summed E-state index contributed by atoms with van der Waals surface area (Å²) in [4.78, 5) is 18.3. The number of carbonyl (C=O) groups is 1. The molecule has 2 atom stereocenters. The molecule has 0 radical (unpaired) electrons. The summed E-state index contributed by atoms with van der Waals surface area (Å²) in [5.41, 5.74) is -0.0309. The number of sulfonamides is 1. The Morgan fingerprint density at radius 3 is 3.00 bits per heavy atom. The van der Waals surface area contributed by atoms with Crippen LogP contribution in [0.15, 0.2) is 24.4 Å². The first-order chi connectivity index (χ1) is 10.9. The number of aromatic nitrogens is 1. The molecule has 2 saturated heterocycles. The van der Waals surface area contributed by atoms with E-state index in [1.165, 1.54) is 6.26 Å². The number of hydrogen-bond donors (Lipinski definition) is 1. The molecule has 1 aromatic rings. The highest BCUT2D eigenvalue weighted by Gasteiger charge is 2.45. The van der Waals surface area contributed by atoms with E-state index in [1.807, 2.05) is 0 Å². The van der Waals surface area contributed by atoms with Gasteiger partial charge in [0.05, 0.1) is 18.4 Å². The van der Waals surface area contributed by atoms with Gasteiger partial charge < -0.3 is 9.64 Å². The van der Waals surface area contributed by atoms with E-state index >= 15 is 0 Å². The van der Waals surface area contributed by atoms with Crippen LogP contribution in [0.5, 0.6) is 0 Å². The van der Waals surface area contributed by atoms with Gasteiger partial charge in [-0.2, -0.15) is 0 Å². The van der Waals surface area contributed by atoms with Gasteiger partial charge in [0.25, 0.3) is 5.91 Å². The minimum atomic E-state index is -3.24. The van der Waals surface area contributed by atoms with E-state index in [0.717, 1.165) is 0 Å². The Bertz CT molecular complexity index is 679. The van der Waals surface area contributed by atoms with Crippen LogP contribution in [0.25, 0.3) is 0 Å². The molecule has 1 aromatic heterocycles. The summed E-state index contributed by atoms with van der Waals surface area (Å²) in [5.74, 6) is -0.107. The quantitative estimate of drug-likeness (QED) is 0.861. The Kier molecular flexibility index (Phi) is 4.39. The van der Waals surface area contributed by atoms with E-state index in [1.54, 1.807) is 29.3 Å². The Morgan fingerprint density at radius 1 is 1.48 bits per heavy atom. The van der Waals surface area contributed by atoms with Gasteiger partial charge in [-0.1, -0.05) is 6.07 Å². The fraction of sp³-hybridized carbons (Fsp3) is 0.600. The van der Waals surface area contributed by atoms with Gasteiger partial charge in [0, 0.05) is 25.4 Å². The number of hydrogen-bond acceptors (Lipinski definition) is 5. The van der Waals surface area contributed by atoms with Crippen molar-refractivity contribution in [2.45, 2.75) is 30.9 Å². The predicted octanol–water partition coefficient (Wildman–Crippen LogP) is 0.395. The summed E-state index contributed by atoms with van der Waals surface area (Å²) in [6.07, 6.45) is 4.73. The second kappa shape index (κ2) is 6.18. The molecule has 0 aliphatic carbocycles. The van der Waals surface area contributed by atoms with Crippen molar-refractivity contribution in [2.75, 3.05) is 26.0 Å². The first-order valence-corrected chi connectivity index (χ1v) is 9.58. The smallest absolute Gasteiger partial charge is 0.272 e. The summed E-state index contributed by atoms with van der Waals surface area (Å²) in [6.45, 7) is 1.57. The van der Waals surface area contributed by atoms with Crippen molar-refractivity contribution >= 4 is 15.9 Å². The number of ether oxygens (including phenoxy) is 1. The molecule has 0 bridgehead atoms. The number of carbonyl (C=O) groups excluding carboxylic acids is 1. The second-order valence-electron chi connectivity index (χ2n) is 6.30. The molecule has 23 heavy (non-hydrogen) atoms. The van der Waals surface area contributed by atoms with E-state index in [0.29, 0.717) is 44.7 Å². The molecule has 1 amide bonds. The molecular formula is C15H21N3O4S. The van der Waals surface area contributed by atoms with Crippen LogP contribution in [-0.2, 0) is 14.8 Å². The molecule has 1 spiro atoms. The fourth-order valence-corrected chi connectivity index (χ4v) is 4.19. The zero-order valence-electron chi connectivity index (χ0n) is 13.1. The van der Waals surface area contributed by atoms with Crippen LogP contribution in [0.2, 0.25) is 0 Å². The van der Waals surface area contributed by atoms with Crippen molar-refractivity contribution in [3.63, 3.8) is 0 Å². The van der Waals surface area contributed by atoms with Crippen molar-refractivity contribution in [3.8, 4) is 0 Å². The SMILES string of the molecule is CS(=O)(=O)N[C@H]1CCO[C@@]2(CCN(C(=O)c3ccccn3)C2)C1. The molecule has 0 aromatic carbocycles. The molecule has 1 N–H and O–H groups in total. The minimum absolute atomic E-state index is 0.107. The van der Waals surface area contributed by atoms with Gasteiger partial charge in [-0.15, -0.1) is 0 Å². The molecule has 8 heteroatoms. The van der Waals surface area contributed by atoms with Crippen LogP contribution >= 0.6 is 0 Å². The van der Waals surface area contributed by atoms with Gasteiger partial charge in [-0.05, 0) is 31.4 Å². The predicted molar refractivity (Wildman–Crippen MR) is 84.4 cm³/mol. The number of pyridine rings is 1. The highest BCUT2D eigenvalue weighted by molar-refractivity contribution is 7.88. The van der Waals surface area contributed by atoms with Crippen LogP contribution < -0.4 is 4.72 Å². The molecule has 126 valence electrons. The van der Waals surface area contributed by atoms with Gasteiger partial charge in [-0.3, -0.25) is 9.78 Å². The average Bonchev–Trinajstić information content (AvgIpc) is 2.89. The molecular weight excluding hydrogens is 318 g/mol. The number of likely N-dealkylation sites (tertiary alicyclic amines) is 1. The lowest BCUT2D eigenvalue weighted by atomic mass is 9.90. The van der Waals surface area contributed by atoms with Crippen molar-refractivity contribution in [3.05, 3.63) is 30.1 Å². The van der Waals surface area contributed by atoms with E-state index < -0.39 is 15.6 Å². The van der Waals surface area contributed by atoms with Crippen molar-refractivity contribution in [1.82, 2.24) is 14.6 Å². The highest BCUT2D eigenvalue weighted by atomic mass is 32.2.